The number of ether oxygens (including phenoxy) is 1. The van der Waals surface area contributed by atoms with Crippen LogP contribution in [0.5, 0.6) is 0 Å². The van der Waals surface area contributed by atoms with Gasteiger partial charge in [-0.2, -0.15) is 25.8 Å². The lowest BCUT2D eigenvalue weighted by molar-refractivity contribution is 0.0186. The lowest BCUT2D eigenvalue weighted by Gasteiger charge is -2.33. The Morgan fingerprint density at radius 1 is 0.806 bits per heavy atom. The van der Waals surface area contributed by atoms with Gasteiger partial charge in [-0.3, -0.25) is 23.4 Å². The number of aryl methyl sites for hydroxylation is 3. The Labute approximate surface area is 428 Å². The van der Waals surface area contributed by atoms with Crippen LogP contribution in [0.2, 0.25) is 5.15 Å². The third kappa shape index (κ3) is 9.44. The van der Waals surface area contributed by atoms with E-state index in [-0.39, 0.29) is 40.2 Å². The van der Waals surface area contributed by atoms with Gasteiger partial charge in [-0.15, -0.1) is 0 Å². The van der Waals surface area contributed by atoms with Crippen molar-refractivity contribution in [1.82, 2.24) is 53.7 Å². The number of alkyl halides is 1. The number of pyridine rings is 3. The van der Waals surface area contributed by atoms with Crippen LogP contribution < -0.4 is 21.8 Å². The van der Waals surface area contributed by atoms with Gasteiger partial charge in [0.05, 0.1) is 65.3 Å². The van der Waals surface area contributed by atoms with Gasteiger partial charge in [0.1, 0.15) is 22.0 Å². The van der Waals surface area contributed by atoms with Crippen molar-refractivity contribution >= 4 is 82.9 Å². The van der Waals surface area contributed by atoms with Crippen molar-refractivity contribution in [3.63, 3.8) is 0 Å². The minimum absolute atomic E-state index is 0.0379. The normalized spacial score (nSPS) is 15.6. The number of piperidine rings is 2. The SMILES string of the molecule is CC(Br)c1cc(C#N)cc2c(=O)n(C)c3c(cnn3C3CCN(C(=O)OC(C)(C)C)CC3)c12.CC(Nc1ccc(Cl)nc1-c1cnn(C)c1)c1cc(C#N)cc2c(=O)n(C)c3c(cnn3C3CCNCC3)c12. The average Bonchev–Trinajstić information content (AvgIpc) is 4.14. The second-order valence-corrected chi connectivity index (χ2v) is 21.4. The number of nitriles is 2. The molecule has 0 bridgehead atoms. The molecule has 2 unspecified atom stereocenters. The number of benzene rings is 2. The van der Waals surface area contributed by atoms with E-state index in [1.807, 2.05) is 87.8 Å². The van der Waals surface area contributed by atoms with Gasteiger partial charge in [-0.05, 0) is 121 Å². The zero-order valence-corrected chi connectivity index (χ0v) is 43.8. The van der Waals surface area contributed by atoms with Crippen molar-refractivity contribution < 1.29 is 9.53 Å². The predicted molar refractivity (Wildman–Crippen MR) is 282 cm³/mol. The molecule has 372 valence electrons. The molecule has 0 radical (unpaired) electrons. The maximum absolute atomic E-state index is 13.7. The fraction of sp³-hybridized carbons (Fsp3) is 0.404. The van der Waals surface area contributed by atoms with Gasteiger partial charge in [0, 0.05) is 89.2 Å². The Hall–Kier alpha value is -7.06. The quantitative estimate of drug-likeness (QED) is 0.113. The molecule has 2 fully saturated rings. The van der Waals surface area contributed by atoms with E-state index in [1.165, 1.54) is 0 Å². The number of anilines is 1. The molecule has 10 rings (SSSR count). The number of amides is 1. The highest BCUT2D eigenvalue weighted by atomic mass is 79.9. The van der Waals surface area contributed by atoms with E-state index in [9.17, 15) is 24.9 Å². The number of fused-ring (bicyclic) bond motifs is 6. The van der Waals surface area contributed by atoms with Crippen LogP contribution in [0.1, 0.15) is 106 Å². The fourth-order valence-corrected chi connectivity index (χ4v) is 10.7. The number of nitrogens with one attached hydrogen (secondary N) is 2. The van der Waals surface area contributed by atoms with E-state index < -0.39 is 5.60 Å². The maximum Gasteiger partial charge on any atom is 0.410 e. The van der Waals surface area contributed by atoms with E-state index in [0.29, 0.717) is 45.8 Å². The molecule has 1 amide bonds. The van der Waals surface area contributed by atoms with E-state index >= 15 is 0 Å². The lowest BCUT2D eigenvalue weighted by Crippen LogP contribution is -2.42. The summed E-state index contributed by atoms with van der Waals surface area (Å²) in [5.41, 5.74) is 5.59. The summed E-state index contributed by atoms with van der Waals surface area (Å²) in [7, 11) is 5.37. The molecule has 18 nitrogen and oxygen atoms in total. The van der Waals surface area contributed by atoms with Gasteiger partial charge >= 0.3 is 6.09 Å². The number of hydrogen-bond acceptors (Lipinski definition) is 12. The van der Waals surface area contributed by atoms with Gasteiger partial charge in [-0.25, -0.2) is 19.1 Å². The van der Waals surface area contributed by atoms with E-state index in [0.717, 1.165) is 94.0 Å². The molecule has 6 aromatic heterocycles. The molecule has 20 heteroatoms. The number of carbonyl (C=O) groups is 1. The first-order valence-electron chi connectivity index (χ1n) is 24.0. The smallest absolute Gasteiger partial charge is 0.410 e. The number of nitrogens with zero attached hydrogens (tertiary/aromatic N) is 12. The van der Waals surface area contributed by atoms with Gasteiger partial charge < -0.3 is 20.3 Å². The van der Waals surface area contributed by atoms with E-state index in [2.05, 4.69) is 53.9 Å². The topological polar surface area (TPSA) is 212 Å². The molecule has 8 heterocycles. The third-order valence-corrected chi connectivity index (χ3v) is 14.3. The summed E-state index contributed by atoms with van der Waals surface area (Å²) in [4.78, 5) is 45.7. The summed E-state index contributed by atoms with van der Waals surface area (Å²) in [6.07, 6.45) is 10.3. The molecule has 0 spiro atoms. The summed E-state index contributed by atoms with van der Waals surface area (Å²) >= 11 is 9.88. The molecular formula is C52H56BrClN14O4. The molecule has 0 saturated carbocycles. The molecule has 72 heavy (non-hydrogen) atoms. The van der Waals surface area contributed by atoms with Crippen LogP contribution in [0.4, 0.5) is 10.5 Å². The molecule has 0 aliphatic carbocycles. The number of aromatic nitrogens is 9. The van der Waals surface area contributed by atoms with Crippen molar-refractivity contribution in [2.24, 2.45) is 21.1 Å². The average molecular weight is 1060 g/mol. The van der Waals surface area contributed by atoms with Crippen LogP contribution in [0.15, 0.2) is 70.8 Å². The molecule has 2 atom stereocenters. The summed E-state index contributed by atoms with van der Waals surface area (Å²) in [5.74, 6) is 0. The van der Waals surface area contributed by atoms with Crippen molar-refractivity contribution in [2.75, 3.05) is 31.5 Å². The number of carbonyl (C=O) groups excluding carboxylic acids is 1. The van der Waals surface area contributed by atoms with Crippen LogP contribution in [0.25, 0.3) is 54.9 Å². The molecule has 2 N–H and O–H groups in total. The summed E-state index contributed by atoms with van der Waals surface area (Å²) in [6.45, 7) is 12.5. The fourth-order valence-electron chi connectivity index (χ4n) is 10.2. The monoisotopic (exact) mass is 1050 g/mol. The number of likely N-dealkylation sites (tertiary alicyclic amines) is 1. The first-order chi connectivity index (χ1) is 34.4. The zero-order chi connectivity index (χ0) is 51.3. The van der Waals surface area contributed by atoms with Gasteiger partial charge in [0.15, 0.2) is 0 Å². The Morgan fingerprint density at radius 2 is 1.35 bits per heavy atom. The van der Waals surface area contributed by atoms with Crippen molar-refractivity contribution in [3.8, 4) is 23.4 Å². The second kappa shape index (κ2) is 19.9. The van der Waals surface area contributed by atoms with Gasteiger partial charge in [0.2, 0.25) is 0 Å². The third-order valence-electron chi connectivity index (χ3n) is 13.6. The first kappa shape index (κ1) is 49.9. The molecular weight excluding hydrogens is 1000 g/mol. The molecule has 8 aromatic rings. The zero-order valence-electron chi connectivity index (χ0n) is 41.5. The van der Waals surface area contributed by atoms with Crippen LogP contribution in [0, 0.1) is 22.7 Å². The second-order valence-electron chi connectivity index (χ2n) is 19.7. The van der Waals surface area contributed by atoms with E-state index in [1.54, 1.807) is 57.2 Å². The predicted octanol–water partition coefficient (Wildman–Crippen LogP) is 9.09. The summed E-state index contributed by atoms with van der Waals surface area (Å²) in [6, 6.07) is 15.0. The largest absolute Gasteiger partial charge is 0.444 e. The Kier molecular flexibility index (Phi) is 13.8. The highest BCUT2D eigenvalue weighted by molar-refractivity contribution is 9.09. The number of halogens is 2. The summed E-state index contributed by atoms with van der Waals surface area (Å²) < 4.78 is 14.4. The van der Waals surface area contributed by atoms with Crippen molar-refractivity contribution in [3.05, 3.63) is 109 Å². The lowest BCUT2D eigenvalue weighted by atomic mass is 9.95. The number of hydrogen-bond donors (Lipinski definition) is 2. The highest BCUT2D eigenvalue weighted by Crippen LogP contribution is 2.38. The standard InChI is InChI=1S/C28H28ClN9O.C24H28BrN5O3/c1-16(34-23-4-5-24(29)35-26(23)18-13-32-36(2)15-18)20-10-17(12-30)11-21-25(20)22-14-33-38(19-6-8-31-9-7-19)27(22)37(3)28(21)39;1-14(25)17-10-15(12-26)11-18-20(17)19-13-27-30(21(19)28(5)22(18)31)16-6-8-29(9-7-16)23(32)33-24(2,3)4/h4-5,10-11,13-16,19,31,34H,6-9H2,1-3H3;10-11,13-14,16H,6-9H2,1-5H3. The van der Waals surface area contributed by atoms with Crippen LogP contribution >= 0.6 is 27.5 Å². The Balaban J connectivity index is 0.000000181. The first-order valence-corrected chi connectivity index (χ1v) is 25.3. The molecule has 2 aromatic carbocycles. The van der Waals surface area contributed by atoms with Crippen molar-refractivity contribution in [1.29, 1.82) is 10.5 Å². The van der Waals surface area contributed by atoms with Crippen LogP contribution in [-0.4, -0.2) is 86.2 Å². The molecule has 2 saturated heterocycles. The number of rotatable bonds is 7. The Morgan fingerprint density at radius 3 is 1.86 bits per heavy atom. The highest BCUT2D eigenvalue weighted by Gasteiger charge is 2.30. The van der Waals surface area contributed by atoms with Gasteiger partial charge in [-0.1, -0.05) is 27.5 Å². The minimum atomic E-state index is -0.527. The van der Waals surface area contributed by atoms with E-state index in [4.69, 9.17) is 21.4 Å². The van der Waals surface area contributed by atoms with Gasteiger partial charge in [0.25, 0.3) is 11.1 Å². The Bertz CT molecular complexity index is 3630. The van der Waals surface area contributed by atoms with Crippen LogP contribution in [-0.2, 0) is 25.9 Å². The summed E-state index contributed by atoms with van der Waals surface area (Å²) in [5, 5.41) is 44.8. The molecule has 2 aliphatic heterocycles. The van der Waals surface area contributed by atoms with Crippen LogP contribution in [0.3, 0.4) is 0 Å². The molecule has 2 aliphatic rings. The van der Waals surface area contributed by atoms with Crippen molar-refractivity contribution in [2.45, 2.75) is 88.9 Å². The maximum atomic E-state index is 13.7. The minimum Gasteiger partial charge on any atom is -0.444 e.